The van der Waals surface area contributed by atoms with Crippen molar-refractivity contribution in [2.75, 3.05) is 19.6 Å². The van der Waals surface area contributed by atoms with Crippen LogP contribution in [-0.4, -0.2) is 30.5 Å². The standard InChI is InChI=1S/C17H25N3O2/c1-17(6-8-18-9-7-17)11-19-15(21)13-10-12-4-2-3-5-14(12)20-16(13)22/h10,18H,2-9,11H2,1H3,(H,19,21)(H,20,22). The Morgan fingerprint density at radius 3 is 2.77 bits per heavy atom. The highest BCUT2D eigenvalue weighted by Gasteiger charge is 2.27. The van der Waals surface area contributed by atoms with Gasteiger partial charge in [0, 0.05) is 12.2 Å². The summed E-state index contributed by atoms with van der Waals surface area (Å²) in [6.45, 7) is 4.81. The Bertz CT molecular complexity index is 615. The fourth-order valence-electron chi connectivity index (χ4n) is 3.44. The second-order valence-corrected chi connectivity index (χ2v) is 6.97. The monoisotopic (exact) mass is 303 g/mol. The lowest BCUT2D eigenvalue weighted by molar-refractivity contribution is 0.0920. The number of hydrogen-bond acceptors (Lipinski definition) is 3. The van der Waals surface area contributed by atoms with Crippen molar-refractivity contribution in [1.82, 2.24) is 15.6 Å². The maximum atomic E-state index is 12.4. The van der Waals surface area contributed by atoms with Gasteiger partial charge in [-0.2, -0.15) is 0 Å². The molecule has 0 radical (unpaired) electrons. The van der Waals surface area contributed by atoms with Crippen LogP contribution in [-0.2, 0) is 12.8 Å². The van der Waals surface area contributed by atoms with E-state index in [1.807, 2.05) is 0 Å². The van der Waals surface area contributed by atoms with Crippen LogP contribution < -0.4 is 16.2 Å². The number of H-pyrrole nitrogens is 1. The molecule has 2 aliphatic rings. The lowest BCUT2D eigenvalue weighted by Crippen LogP contribution is -2.43. The molecule has 5 nitrogen and oxygen atoms in total. The Morgan fingerprint density at radius 1 is 1.27 bits per heavy atom. The molecule has 1 aliphatic carbocycles. The van der Waals surface area contributed by atoms with Crippen LogP contribution in [0.4, 0.5) is 0 Å². The summed E-state index contributed by atoms with van der Waals surface area (Å²) < 4.78 is 0. The number of amides is 1. The number of carbonyl (C=O) groups is 1. The smallest absolute Gasteiger partial charge is 0.261 e. The summed E-state index contributed by atoms with van der Waals surface area (Å²) in [4.78, 5) is 27.4. The first-order chi connectivity index (χ1) is 10.6. The first-order valence-corrected chi connectivity index (χ1v) is 8.31. The summed E-state index contributed by atoms with van der Waals surface area (Å²) >= 11 is 0. The van der Waals surface area contributed by atoms with Crippen molar-refractivity contribution in [1.29, 1.82) is 0 Å². The van der Waals surface area contributed by atoms with Crippen LogP contribution in [0.15, 0.2) is 10.9 Å². The fraction of sp³-hybridized carbons (Fsp3) is 0.647. The normalized spacial score (nSPS) is 20.2. The second-order valence-electron chi connectivity index (χ2n) is 6.97. The number of fused-ring (bicyclic) bond motifs is 1. The van der Waals surface area contributed by atoms with Gasteiger partial charge in [-0.1, -0.05) is 6.92 Å². The molecule has 2 heterocycles. The summed E-state index contributed by atoms with van der Waals surface area (Å²) in [7, 11) is 0. The molecule has 3 rings (SSSR count). The predicted octanol–water partition coefficient (Wildman–Crippen LogP) is 1.37. The van der Waals surface area contributed by atoms with Crippen LogP contribution in [0.1, 0.15) is 54.2 Å². The molecule has 0 spiro atoms. The van der Waals surface area contributed by atoms with Gasteiger partial charge in [-0.15, -0.1) is 0 Å². The average molecular weight is 303 g/mol. The predicted molar refractivity (Wildman–Crippen MR) is 86.2 cm³/mol. The summed E-state index contributed by atoms with van der Waals surface area (Å²) in [5.74, 6) is -0.241. The van der Waals surface area contributed by atoms with Gasteiger partial charge in [0.1, 0.15) is 5.56 Å². The van der Waals surface area contributed by atoms with Crippen molar-refractivity contribution in [2.24, 2.45) is 5.41 Å². The highest BCUT2D eigenvalue weighted by molar-refractivity contribution is 5.94. The van der Waals surface area contributed by atoms with Crippen LogP contribution >= 0.6 is 0 Å². The van der Waals surface area contributed by atoms with Crippen LogP contribution in [0, 0.1) is 5.41 Å². The highest BCUT2D eigenvalue weighted by Crippen LogP contribution is 2.26. The SMILES string of the molecule is CC1(CNC(=O)c2cc3c([nH]c2=O)CCCC3)CCNCC1. The average Bonchev–Trinajstić information content (AvgIpc) is 2.53. The van der Waals surface area contributed by atoms with E-state index < -0.39 is 0 Å². The van der Waals surface area contributed by atoms with Gasteiger partial charge in [-0.05, 0) is 68.7 Å². The maximum absolute atomic E-state index is 12.4. The third-order valence-electron chi connectivity index (χ3n) is 5.07. The molecule has 120 valence electrons. The zero-order chi connectivity index (χ0) is 15.6. The molecule has 1 fully saturated rings. The Hall–Kier alpha value is -1.62. The van der Waals surface area contributed by atoms with E-state index in [1.54, 1.807) is 6.07 Å². The molecule has 1 aromatic heterocycles. The van der Waals surface area contributed by atoms with Crippen molar-refractivity contribution in [3.8, 4) is 0 Å². The molecule has 22 heavy (non-hydrogen) atoms. The Labute approximate surface area is 130 Å². The van der Waals surface area contributed by atoms with E-state index in [0.717, 1.165) is 62.9 Å². The summed E-state index contributed by atoms with van der Waals surface area (Å²) in [6.07, 6.45) is 6.21. The Balaban J connectivity index is 1.71. The highest BCUT2D eigenvalue weighted by atomic mass is 16.2. The van der Waals surface area contributed by atoms with E-state index >= 15 is 0 Å². The van der Waals surface area contributed by atoms with Crippen molar-refractivity contribution < 1.29 is 4.79 Å². The van der Waals surface area contributed by atoms with Gasteiger partial charge >= 0.3 is 0 Å². The number of carbonyl (C=O) groups excluding carboxylic acids is 1. The van der Waals surface area contributed by atoms with Gasteiger partial charge in [-0.25, -0.2) is 0 Å². The summed E-state index contributed by atoms with van der Waals surface area (Å²) in [6, 6.07) is 1.80. The number of nitrogens with one attached hydrogen (secondary N) is 3. The van der Waals surface area contributed by atoms with Gasteiger partial charge < -0.3 is 15.6 Å². The van der Waals surface area contributed by atoms with E-state index in [1.165, 1.54) is 0 Å². The number of hydrogen-bond donors (Lipinski definition) is 3. The Kier molecular flexibility index (Phi) is 4.34. The van der Waals surface area contributed by atoms with E-state index in [-0.39, 0.29) is 22.4 Å². The quantitative estimate of drug-likeness (QED) is 0.789. The molecule has 0 bridgehead atoms. The first kappa shape index (κ1) is 15.3. The molecule has 1 aliphatic heterocycles. The molecule has 1 saturated heterocycles. The minimum atomic E-state index is -0.256. The van der Waals surface area contributed by atoms with E-state index in [9.17, 15) is 9.59 Å². The molecule has 5 heteroatoms. The van der Waals surface area contributed by atoms with Crippen LogP contribution in [0.3, 0.4) is 0 Å². The van der Waals surface area contributed by atoms with Crippen molar-refractivity contribution in [2.45, 2.75) is 45.4 Å². The van der Waals surface area contributed by atoms with Crippen LogP contribution in [0.2, 0.25) is 0 Å². The molecule has 3 N–H and O–H groups in total. The maximum Gasteiger partial charge on any atom is 0.261 e. The minimum Gasteiger partial charge on any atom is -0.351 e. The summed E-state index contributed by atoms with van der Waals surface area (Å²) in [5, 5.41) is 6.30. The van der Waals surface area contributed by atoms with Gasteiger partial charge in [0.2, 0.25) is 0 Å². The lowest BCUT2D eigenvalue weighted by Gasteiger charge is -2.34. The van der Waals surface area contributed by atoms with Crippen molar-refractivity contribution >= 4 is 5.91 Å². The molecule has 0 unspecified atom stereocenters. The molecule has 0 saturated carbocycles. The molecule has 1 amide bonds. The number of pyridine rings is 1. The van der Waals surface area contributed by atoms with Gasteiger partial charge in [0.15, 0.2) is 0 Å². The Morgan fingerprint density at radius 2 is 2.00 bits per heavy atom. The number of piperidine rings is 1. The fourth-order valence-corrected chi connectivity index (χ4v) is 3.44. The second kappa shape index (κ2) is 6.24. The third-order valence-corrected chi connectivity index (χ3v) is 5.07. The lowest BCUT2D eigenvalue weighted by atomic mass is 9.81. The minimum absolute atomic E-state index is 0.127. The van der Waals surface area contributed by atoms with Gasteiger partial charge in [-0.3, -0.25) is 9.59 Å². The van der Waals surface area contributed by atoms with Gasteiger partial charge in [0.25, 0.3) is 11.5 Å². The molecular formula is C17H25N3O2. The largest absolute Gasteiger partial charge is 0.351 e. The van der Waals surface area contributed by atoms with Crippen molar-refractivity contribution in [3.63, 3.8) is 0 Å². The van der Waals surface area contributed by atoms with E-state index in [0.29, 0.717) is 6.54 Å². The van der Waals surface area contributed by atoms with E-state index in [2.05, 4.69) is 22.5 Å². The zero-order valence-corrected chi connectivity index (χ0v) is 13.3. The van der Waals surface area contributed by atoms with Gasteiger partial charge in [0.05, 0.1) is 0 Å². The van der Waals surface area contributed by atoms with Crippen molar-refractivity contribution in [3.05, 3.63) is 33.2 Å². The topological polar surface area (TPSA) is 74.0 Å². The molecule has 0 atom stereocenters. The number of rotatable bonds is 3. The molecular weight excluding hydrogens is 278 g/mol. The van der Waals surface area contributed by atoms with E-state index in [4.69, 9.17) is 0 Å². The third kappa shape index (κ3) is 3.24. The first-order valence-electron chi connectivity index (χ1n) is 8.31. The summed E-state index contributed by atoms with van der Waals surface area (Å²) in [5.41, 5.74) is 2.27. The van der Waals surface area contributed by atoms with Crippen LogP contribution in [0.25, 0.3) is 0 Å². The number of aromatic amines is 1. The molecule has 1 aromatic rings. The number of aryl methyl sites for hydroxylation is 2. The zero-order valence-electron chi connectivity index (χ0n) is 13.3. The van der Waals surface area contributed by atoms with Crippen LogP contribution in [0.5, 0.6) is 0 Å². The number of aromatic nitrogens is 1. The molecule has 0 aromatic carbocycles.